The maximum Gasteiger partial charge on any atom is 0.0727 e. The van der Waals surface area contributed by atoms with Gasteiger partial charge in [-0.2, -0.15) is 0 Å². The molecule has 4 heteroatoms. The lowest BCUT2D eigenvalue weighted by Gasteiger charge is -2.09. The number of rotatable bonds is 9. The summed E-state index contributed by atoms with van der Waals surface area (Å²) in [5, 5.41) is 3.57. The predicted octanol–water partition coefficient (Wildman–Crippen LogP) is 2.78. The van der Waals surface area contributed by atoms with Crippen molar-refractivity contribution in [2.24, 2.45) is 0 Å². The van der Waals surface area contributed by atoms with Crippen LogP contribution in [0.5, 0.6) is 0 Å². The van der Waals surface area contributed by atoms with Gasteiger partial charge in [0.15, 0.2) is 0 Å². The van der Waals surface area contributed by atoms with E-state index in [1.807, 2.05) is 11.3 Å². The van der Waals surface area contributed by atoms with E-state index < -0.39 is 0 Å². The van der Waals surface area contributed by atoms with Crippen LogP contribution in [0.4, 0.5) is 0 Å². The first kappa shape index (κ1) is 15.0. The zero-order valence-corrected chi connectivity index (χ0v) is 13.2. The average molecular weight is 282 g/mol. The number of aryl methyl sites for hydroxylation is 1. The van der Waals surface area contributed by atoms with Crippen LogP contribution in [0.15, 0.2) is 6.07 Å². The van der Waals surface area contributed by atoms with Crippen molar-refractivity contribution in [1.29, 1.82) is 0 Å². The fourth-order valence-corrected chi connectivity index (χ4v) is 3.01. The number of nitrogens with one attached hydrogen (secondary N) is 1. The second kappa shape index (κ2) is 7.39. The summed E-state index contributed by atoms with van der Waals surface area (Å²) in [4.78, 5) is 5.04. The first-order chi connectivity index (χ1) is 9.15. The third kappa shape index (κ3) is 5.61. The number of nitrogens with zero attached hydrogens (tertiary/aromatic N) is 1. The van der Waals surface area contributed by atoms with Gasteiger partial charge in [-0.25, -0.2) is 0 Å². The number of hydrogen-bond acceptors (Lipinski definition) is 4. The quantitative estimate of drug-likeness (QED) is 0.705. The lowest BCUT2D eigenvalue weighted by atomic mass is 10.2. The lowest BCUT2D eigenvalue weighted by molar-refractivity contribution is 0.113. The van der Waals surface area contributed by atoms with E-state index in [0.29, 0.717) is 0 Å². The van der Waals surface area contributed by atoms with Gasteiger partial charge in [0.1, 0.15) is 0 Å². The first-order valence-corrected chi connectivity index (χ1v) is 8.01. The van der Waals surface area contributed by atoms with Crippen LogP contribution in [0.3, 0.4) is 0 Å². The maximum absolute atomic E-state index is 5.76. The summed E-state index contributed by atoms with van der Waals surface area (Å²) in [6, 6.07) is 3.09. The predicted molar refractivity (Wildman–Crippen MR) is 81.7 cm³/mol. The van der Waals surface area contributed by atoms with Gasteiger partial charge < -0.3 is 15.0 Å². The molecule has 19 heavy (non-hydrogen) atoms. The Morgan fingerprint density at radius 3 is 2.89 bits per heavy atom. The number of hydrogen-bond donors (Lipinski definition) is 1. The molecule has 0 spiro atoms. The smallest absolute Gasteiger partial charge is 0.0727 e. The van der Waals surface area contributed by atoms with Gasteiger partial charge in [-0.1, -0.05) is 0 Å². The highest BCUT2D eigenvalue weighted by Gasteiger charge is 2.20. The van der Waals surface area contributed by atoms with E-state index in [4.69, 9.17) is 4.74 Å². The average Bonchev–Trinajstić information content (AvgIpc) is 3.11. The summed E-state index contributed by atoms with van der Waals surface area (Å²) in [6.45, 7) is 5.93. The molecule has 1 N–H and O–H groups in total. The number of ether oxygens (including phenoxy) is 1. The first-order valence-electron chi connectivity index (χ1n) is 7.19. The fraction of sp³-hybridized carbons (Fsp3) is 0.733. The van der Waals surface area contributed by atoms with E-state index in [9.17, 15) is 0 Å². The summed E-state index contributed by atoms with van der Waals surface area (Å²) in [6.07, 6.45) is 3.81. The molecular formula is C15H26N2OS. The van der Waals surface area contributed by atoms with Gasteiger partial charge in [0, 0.05) is 28.9 Å². The summed E-state index contributed by atoms with van der Waals surface area (Å²) in [7, 11) is 4.20. The van der Waals surface area contributed by atoms with E-state index in [1.165, 1.54) is 28.2 Å². The highest BCUT2D eigenvalue weighted by molar-refractivity contribution is 7.12. The molecule has 1 aliphatic rings. The number of thiophene rings is 1. The molecule has 0 radical (unpaired) electrons. The molecule has 1 aromatic heterocycles. The molecule has 0 amide bonds. The van der Waals surface area contributed by atoms with Gasteiger partial charge >= 0.3 is 0 Å². The Labute approximate surface area is 121 Å². The Morgan fingerprint density at radius 1 is 1.42 bits per heavy atom. The molecule has 0 unspecified atom stereocenters. The van der Waals surface area contributed by atoms with Crippen LogP contribution < -0.4 is 5.32 Å². The van der Waals surface area contributed by atoms with E-state index in [1.54, 1.807) is 0 Å². The van der Waals surface area contributed by atoms with E-state index in [0.717, 1.165) is 38.8 Å². The molecule has 0 aliphatic heterocycles. The Hall–Kier alpha value is -0.420. The summed E-state index contributed by atoms with van der Waals surface area (Å²) < 4.78 is 5.76. The van der Waals surface area contributed by atoms with Crippen molar-refractivity contribution in [2.45, 2.75) is 45.4 Å². The minimum atomic E-state index is 0.763. The molecule has 1 heterocycles. The van der Waals surface area contributed by atoms with E-state index in [-0.39, 0.29) is 0 Å². The van der Waals surface area contributed by atoms with E-state index in [2.05, 4.69) is 37.3 Å². The Morgan fingerprint density at radius 2 is 2.21 bits per heavy atom. The summed E-state index contributed by atoms with van der Waals surface area (Å²) in [5.74, 6) is 0. The lowest BCUT2D eigenvalue weighted by Crippen LogP contribution is -2.14. The standard InChI is InChI=1S/C15H26N2OS/c1-12-13(11-18-8-4-7-17(2)3)9-15(19-12)10-16-14-5-6-14/h9,14,16H,4-8,10-11H2,1-3H3. The second-order valence-electron chi connectivity index (χ2n) is 5.66. The van der Waals surface area contributed by atoms with Crippen LogP contribution in [0.25, 0.3) is 0 Å². The molecule has 1 fully saturated rings. The van der Waals surface area contributed by atoms with Crippen molar-refractivity contribution in [3.8, 4) is 0 Å². The van der Waals surface area contributed by atoms with Crippen LogP contribution in [0, 0.1) is 6.92 Å². The molecule has 3 nitrogen and oxygen atoms in total. The zero-order chi connectivity index (χ0) is 13.7. The monoisotopic (exact) mass is 282 g/mol. The third-order valence-electron chi connectivity index (χ3n) is 3.37. The molecule has 1 saturated carbocycles. The van der Waals surface area contributed by atoms with Crippen molar-refractivity contribution < 1.29 is 4.74 Å². The molecule has 0 atom stereocenters. The van der Waals surface area contributed by atoms with Gasteiger partial charge in [-0.3, -0.25) is 0 Å². The Bertz CT molecular complexity index is 385. The molecule has 0 bridgehead atoms. The largest absolute Gasteiger partial charge is 0.377 e. The van der Waals surface area contributed by atoms with Crippen LogP contribution in [-0.2, 0) is 17.9 Å². The molecule has 108 valence electrons. The van der Waals surface area contributed by atoms with Crippen molar-refractivity contribution in [2.75, 3.05) is 27.2 Å². The topological polar surface area (TPSA) is 24.5 Å². The fourth-order valence-electron chi connectivity index (χ4n) is 2.02. The van der Waals surface area contributed by atoms with Crippen molar-refractivity contribution in [3.63, 3.8) is 0 Å². The van der Waals surface area contributed by atoms with Crippen LogP contribution in [0.2, 0.25) is 0 Å². The van der Waals surface area contributed by atoms with Crippen molar-refractivity contribution in [3.05, 3.63) is 21.4 Å². The van der Waals surface area contributed by atoms with Crippen LogP contribution >= 0.6 is 11.3 Å². The summed E-state index contributed by atoms with van der Waals surface area (Å²) >= 11 is 1.90. The normalized spacial score (nSPS) is 15.4. The van der Waals surface area contributed by atoms with Crippen LogP contribution in [-0.4, -0.2) is 38.2 Å². The summed E-state index contributed by atoms with van der Waals surface area (Å²) in [5.41, 5.74) is 1.36. The van der Waals surface area contributed by atoms with Gasteiger partial charge in [0.2, 0.25) is 0 Å². The van der Waals surface area contributed by atoms with Crippen molar-refractivity contribution >= 4 is 11.3 Å². The van der Waals surface area contributed by atoms with Gasteiger partial charge in [-0.05, 0) is 58.5 Å². The van der Waals surface area contributed by atoms with Crippen LogP contribution in [0.1, 0.15) is 34.6 Å². The Balaban J connectivity index is 1.67. The molecule has 0 aromatic carbocycles. The molecule has 1 aromatic rings. The minimum absolute atomic E-state index is 0.763. The van der Waals surface area contributed by atoms with Crippen molar-refractivity contribution in [1.82, 2.24) is 10.2 Å². The maximum atomic E-state index is 5.76. The SMILES string of the molecule is Cc1sc(CNC2CC2)cc1COCCCN(C)C. The molecule has 2 rings (SSSR count). The molecule has 0 saturated heterocycles. The van der Waals surface area contributed by atoms with Gasteiger partial charge in [-0.15, -0.1) is 11.3 Å². The molecular weight excluding hydrogens is 256 g/mol. The van der Waals surface area contributed by atoms with Gasteiger partial charge in [0.05, 0.1) is 6.61 Å². The third-order valence-corrected chi connectivity index (χ3v) is 4.46. The van der Waals surface area contributed by atoms with Gasteiger partial charge in [0.25, 0.3) is 0 Å². The zero-order valence-electron chi connectivity index (χ0n) is 12.4. The highest BCUT2D eigenvalue weighted by Crippen LogP contribution is 2.24. The van der Waals surface area contributed by atoms with E-state index >= 15 is 0 Å². The minimum Gasteiger partial charge on any atom is -0.377 e. The Kier molecular flexibility index (Phi) is 5.82. The highest BCUT2D eigenvalue weighted by atomic mass is 32.1. The second-order valence-corrected chi connectivity index (χ2v) is 7.00. The molecule has 1 aliphatic carbocycles.